The number of carbonyl (C=O) groups is 2. The number of carbonyl (C=O) groups excluding carboxylic acids is 1. The van der Waals surface area contributed by atoms with E-state index in [1.165, 1.54) is 23.5 Å². The number of thiazole rings is 1. The van der Waals surface area contributed by atoms with Crippen LogP contribution in [0.5, 0.6) is 0 Å². The number of hydrogen-bond donors (Lipinski definition) is 2. The van der Waals surface area contributed by atoms with Gasteiger partial charge in [0.15, 0.2) is 10.8 Å². The second-order valence-electron chi connectivity index (χ2n) is 8.40. The minimum absolute atomic E-state index is 0.0137. The molecule has 0 aliphatic carbocycles. The summed E-state index contributed by atoms with van der Waals surface area (Å²) in [6.45, 7) is 1.83. The van der Waals surface area contributed by atoms with Crippen molar-refractivity contribution in [3.05, 3.63) is 61.9 Å². The number of benzene rings is 1. The number of aromatic nitrogens is 1. The number of nitrogens with zero attached hydrogens (tertiary/aromatic N) is 3. The van der Waals surface area contributed by atoms with Crippen molar-refractivity contribution in [1.82, 2.24) is 15.2 Å². The van der Waals surface area contributed by atoms with E-state index >= 15 is 0 Å². The molecule has 1 fully saturated rings. The number of amidine groups is 1. The third kappa shape index (κ3) is 6.58. The van der Waals surface area contributed by atoms with Gasteiger partial charge in [-0.1, -0.05) is 22.0 Å². The van der Waals surface area contributed by atoms with E-state index in [0.717, 1.165) is 0 Å². The second kappa shape index (κ2) is 12.2. The predicted octanol–water partition coefficient (Wildman–Crippen LogP) is 3.47. The van der Waals surface area contributed by atoms with Crippen molar-refractivity contribution in [3.8, 4) is 0 Å². The number of likely N-dealkylation sites (tertiary alicyclic amines) is 1. The molecule has 1 aromatic heterocycles. The van der Waals surface area contributed by atoms with Gasteiger partial charge in [0.2, 0.25) is 0 Å². The van der Waals surface area contributed by atoms with Crippen LogP contribution in [0.2, 0.25) is 0 Å². The lowest BCUT2D eigenvalue weighted by Crippen LogP contribution is -2.48. The zero-order valence-corrected chi connectivity index (χ0v) is 22.2. The smallest absolute Gasteiger partial charge is 0.338 e. The summed E-state index contributed by atoms with van der Waals surface area (Å²) < 4.78 is 39.7. The van der Waals surface area contributed by atoms with Crippen LogP contribution in [-0.2, 0) is 19.1 Å². The maximum atomic E-state index is 14.9. The molecule has 0 amide bonds. The van der Waals surface area contributed by atoms with Crippen LogP contribution in [0.4, 0.5) is 8.78 Å². The summed E-state index contributed by atoms with van der Waals surface area (Å²) in [6.07, 6.45) is -0.304. The number of nitrogens with one attached hydrogen (secondary N) is 1. The largest absolute Gasteiger partial charge is 0.480 e. The number of carboxylic acids is 1. The highest BCUT2D eigenvalue weighted by Gasteiger charge is 2.36. The molecule has 0 saturated carbocycles. The van der Waals surface area contributed by atoms with Gasteiger partial charge in [-0.15, -0.1) is 11.3 Å². The Morgan fingerprint density at radius 3 is 2.84 bits per heavy atom. The van der Waals surface area contributed by atoms with Gasteiger partial charge in [0.25, 0.3) is 0 Å². The lowest BCUT2D eigenvalue weighted by atomic mass is 9.95. The predicted molar refractivity (Wildman–Crippen MR) is 136 cm³/mol. The van der Waals surface area contributed by atoms with Gasteiger partial charge in [-0.05, 0) is 31.0 Å². The number of aliphatic imine (C=N–C) groups is 1. The van der Waals surface area contributed by atoms with Gasteiger partial charge in [0, 0.05) is 41.4 Å². The molecule has 0 spiro atoms. The third-order valence-electron chi connectivity index (χ3n) is 5.88. The highest BCUT2D eigenvalue weighted by molar-refractivity contribution is 9.10. The molecule has 9 nitrogen and oxygen atoms in total. The van der Waals surface area contributed by atoms with E-state index in [4.69, 9.17) is 19.6 Å². The van der Waals surface area contributed by atoms with Gasteiger partial charge < -0.3 is 19.9 Å². The van der Waals surface area contributed by atoms with Gasteiger partial charge in [0.05, 0.1) is 18.3 Å². The summed E-state index contributed by atoms with van der Waals surface area (Å²) in [4.78, 5) is 34.9. The molecule has 0 bridgehead atoms. The second-order valence-corrected chi connectivity index (χ2v) is 10.2. The van der Waals surface area contributed by atoms with Gasteiger partial charge >= 0.3 is 11.9 Å². The molecule has 3 heterocycles. The van der Waals surface area contributed by atoms with Crippen LogP contribution < -0.4 is 5.32 Å². The number of hydrogen-bond acceptors (Lipinski definition) is 9. The van der Waals surface area contributed by atoms with Crippen LogP contribution in [0.25, 0.3) is 0 Å². The normalized spacial score (nSPS) is 22.4. The first-order valence-electron chi connectivity index (χ1n) is 11.6. The molecule has 2 aliphatic heterocycles. The quantitative estimate of drug-likeness (QED) is 0.422. The zero-order valence-electron chi connectivity index (χ0n) is 19.8. The highest BCUT2D eigenvalue weighted by atomic mass is 79.9. The van der Waals surface area contributed by atoms with Crippen molar-refractivity contribution in [1.29, 1.82) is 0 Å². The number of esters is 1. The van der Waals surface area contributed by atoms with E-state index in [9.17, 15) is 18.4 Å². The molecule has 1 aromatic carbocycles. The molecule has 4 rings (SSSR count). The molecular formula is C24H25BrF2N4O5S. The van der Waals surface area contributed by atoms with Crippen molar-refractivity contribution in [2.45, 2.75) is 31.7 Å². The first-order chi connectivity index (χ1) is 17.8. The average molecular weight is 599 g/mol. The van der Waals surface area contributed by atoms with E-state index in [2.05, 4.69) is 26.2 Å². The lowest BCUT2D eigenvalue weighted by Gasteiger charge is -2.36. The Morgan fingerprint density at radius 2 is 2.19 bits per heavy atom. The number of aliphatic carboxylic acids is 1. The van der Waals surface area contributed by atoms with Gasteiger partial charge in [-0.2, -0.15) is 0 Å². The van der Waals surface area contributed by atoms with Crippen molar-refractivity contribution in [2.75, 3.05) is 32.8 Å². The Kier molecular flexibility index (Phi) is 9.00. The monoisotopic (exact) mass is 598 g/mol. The Labute approximate surface area is 224 Å². The van der Waals surface area contributed by atoms with Gasteiger partial charge in [0.1, 0.15) is 24.6 Å². The van der Waals surface area contributed by atoms with Crippen molar-refractivity contribution in [3.63, 3.8) is 0 Å². The summed E-state index contributed by atoms with van der Waals surface area (Å²) in [7, 11) is 0. The summed E-state index contributed by atoms with van der Waals surface area (Å²) in [5.74, 6) is -1.77. The maximum Gasteiger partial charge on any atom is 0.338 e. The van der Waals surface area contributed by atoms with Crippen LogP contribution >= 0.6 is 27.3 Å². The molecule has 198 valence electrons. The maximum absolute atomic E-state index is 14.9. The molecule has 37 heavy (non-hydrogen) atoms. The Hall–Kier alpha value is -2.74. The van der Waals surface area contributed by atoms with Crippen LogP contribution in [0.1, 0.15) is 30.0 Å². The minimum atomic E-state index is -1.41. The molecule has 0 radical (unpaired) electrons. The lowest BCUT2D eigenvalue weighted by molar-refractivity contribution is -0.147. The first-order valence-corrected chi connectivity index (χ1v) is 13.2. The van der Waals surface area contributed by atoms with Crippen molar-refractivity contribution < 1.29 is 33.0 Å². The third-order valence-corrected chi connectivity index (χ3v) is 7.35. The van der Waals surface area contributed by atoms with Crippen LogP contribution in [0.15, 0.2) is 50.5 Å². The van der Waals surface area contributed by atoms with Gasteiger partial charge in [-0.25, -0.2) is 23.4 Å². The highest BCUT2D eigenvalue weighted by Crippen LogP contribution is 2.37. The Bertz CT molecular complexity index is 1210. The fourth-order valence-corrected chi connectivity index (χ4v) is 5.40. The molecule has 2 N–H and O–H groups in total. The van der Waals surface area contributed by atoms with E-state index in [1.807, 2.05) is 4.90 Å². The van der Waals surface area contributed by atoms with Crippen molar-refractivity contribution >= 4 is 45.0 Å². The SMILES string of the molecule is CCOC(=O)C1=C(CN2CCC(OCC(=O)O)C(F)C2)NC(c2nccs2)=N[C@H]1c1ccc(F)cc1Br. The Balaban J connectivity index is 1.68. The summed E-state index contributed by atoms with van der Waals surface area (Å²) in [5, 5.41) is 14.4. The van der Waals surface area contributed by atoms with Crippen LogP contribution in [-0.4, -0.2) is 77.9 Å². The number of piperidine rings is 1. The fourth-order valence-electron chi connectivity index (χ4n) is 4.25. The van der Waals surface area contributed by atoms with E-state index < -0.39 is 42.7 Å². The Morgan fingerprint density at radius 1 is 1.38 bits per heavy atom. The number of halogens is 3. The zero-order chi connectivity index (χ0) is 26.5. The molecule has 3 atom stereocenters. The van der Waals surface area contributed by atoms with Crippen molar-refractivity contribution in [2.24, 2.45) is 4.99 Å². The van der Waals surface area contributed by atoms with E-state index in [-0.39, 0.29) is 31.7 Å². The standard InChI is InChI=1S/C24H25BrF2N4O5S/c1-2-35-24(34)20-17(11-31-7-5-18(16(27)10-31)36-12-19(32)33)29-22(23-28-6-8-37-23)30-21(20)14-4-3-13(26)9-15(14)25/h3-4,6,8-9,16,18,21H,2,5,7,10-12H2,1H3,(H,29,30)(H,32,33)/t16?,18?,21-/m0/s1. The molecule has 2 unspecified atom stereocenters. The minimum Gasteiger partial charge on any atom is -0.480 e. The topological polar surface area (TPSA) is 113 Å². The van der Waals surface area contributed by atoms with E-state index in [0.29, 0.717) is 33.1 Å². The summed E-state index contributed by atoms with van der Waals surface area (Å²) in [5.41, 5.74) is 1.26. The number of rotatable bonds is 9. The first kappa shape index (κ1) is 27.3. The molecule has 2 aromatic rings. The number of ether oxygens (including phenoxy) is 2. The fraction of sp³-hybridized carbons (Fsp3) is 0.417. The van der Waals surface area contributed by atoms with Gasteiger partial charge in [-0.3, -0.25) is 9.89 Å². The van der Waals surface area contributed by atoms with Crippen LogP contribution in [0, 0.1) is 5.82 Å². The average Bonchev–Trinajstić information content (AvgIpc) is 3.38. The molecule has 1 saturated heterocycles. The number of carboxylic acid groups (broad SMARTS) is 1. The molecule has 13 heteroatoms. The van der Waals surface area contributed by atoms with Crippen LogP contribution in [0.3, 0.4) is 0 Å². The van der Waals surface area contributed by atoms with E-state index in [1.54, 1.807) is 24.6 Å². The summed E-state index contributed by atoms with van der Waals surface area (Å²) >= 11 is 4.75. The summed E-state index contributed by atoms with van der Waals surface area (Å²) in [6, 6.07) is 3.31. The molecule has 2 aliphatic rings. The molecular weight excluding hydrogens is 574 g/mol. The number of alkyl halides is 1.